The second-order valence-electron chi connectivity index (χ2n) is 11.0. The van der Waals surface area contributed by atoms with Crippen molar-refractivity contribution in [3.05, 3.63) is 87.7 Å². The smallest absolute Gasteiger partial charge is 0.282 e. The molecule has 0 unspecified atom stereocenters. The van der Waals surface area contributed by atoms with E-state index in [0.717, 1.165) is 33.8 Å². The lowest BCUT2D eigenvalue weighted by molar-refractivity contribution is 0.198. The van der Waals surface area contributed by atoms with Gasteiger partial charge in [0.2, 0.25) is 0 Å². The highest BCUT2D eigenvalue weighted by Gasteiger charge is 2.18. The molecule has 0 aliphatic heterocycles. The van der Waals surface area contributed by atoms with Crippen LogP contribution in [-0.4, -0.2) is 29.1 Å². The zero-order valence-corrected chi connectivity index (χ0v) is 23.4. The number of ether oxygens (including phenoxy) is 2. The van der Waals surface area contributed by atoms with Crippen LogP contribution < -0.4 is 15.0 Å². The monoisotopic (exact) mass is 511 g/mol. The fourth-order valence-corrected chi connectivity index (χ4v) is 4.15. The molecule has 0 bridgehead atoms. The molecule has 0 radical (unpaired) electrons. The molecule has 198 valence electrons. The Morgan fingerprint density at radius 2 is 1.74 bits per heavy atom. The van der Waals surface area contributed by atoms with Crippen LogP contribution in [0.3, 0.4) is 0 Å². The average Bonchev–Trinajstić information content (AvgIpc) is 2.87. The number of fused-ring (bicyclic) bond motifs is 1. The molecule has 3 aromatic carbocycles. The zero-order chi connectivity index (χ0) is 27.4. The lowest BCUT2D eigenvalue weighted by Gasteiger charge is -2.18. The number of aryl methyl sites for hydroxylation is 1. The Labute approximate surface area is 225 Å². The molecule has 1 heterocycles. The molecule has 38 heavy (non-hydrogen) atoms. The summed E-state index contributed by atoms with van der Waals surface area (Å²) in [6.07, 6.45) is 1.68. The first-order valence-electron chi connectivity index (χ1n) is 13.1. The topological polar surface area (TPSA) is 65.7 Å². The van der Waals surface area contributed by atoms with E-state index in [4.69, 9.17) is 14.5 Å². The number of rotatable bonds is 8. The van der Waals surface area contributed by atoms with Crippen LogP contribution in [0.15, 0.2) is 70.6 Å². The third-order valence-corrected chi connectivity index (χ3v) is 6.15. The second-order valence-corrected chi connectivity index (χ2v) is 11.0. The number of benzene rings is 3. The highest BCUT2D eigenvalue weighted by molar-refractivity contribution is 5.82. The highest BCUT2D eigenvalue weighted by Crippen LogP contribution is 2.34. The molecular weight excluding hydrogens is 474 g/mol. The summed E-state index contributed by atoms with van der Waals surface area (Å²) in [6, 6.07) is 19.2. The van der Waals surface area contributed by atoms with Crippen molar-refractivity contribution >= 4 is 17.1 Å². The molecule has 0 aliphatic rings. The molecule has 4 rings (SSSR count). The number of hydrogen-bond donors (Lipinski definition) is 0. The SMILES string of the molecule is CCOc1cc(C)c(-c2nc3ccccc3c(=O)n2N=Cc2ccc(OCC(C)(C)C)cc2)cc1C(C)C. The Kier molecular flexibility index (Phi) is 8.00. The summed E-state index contributed by atoms with van der Waals surface area (Å²) in [5.41, 5.74) is 4.23. The van der Waals surface area contributed by atoms with Crippen molar-refractivity contribution < 1.29 is 9.47 Å². The van der Waals surface area contributed by atoms with E-state index in [1.165, 1.54) is 4.68 Å². The minimum absolute atomic E-state index is 0.0786. The van der Waals surface area contributed by atoms with E-state index in [-0.39, 0.29) is 16.9 Å². The molecule has 1 aromatic heterocycles. The first kappa shape index (κ1) is 27.1. The minimum atomic E-state index is -0.216. The standard InChI is InChI=1S/C32H37N3O3/c1-8-37-29-17-22(4)27(18-26(29)21(2)3)30-34-28-12-10-9-11-25(28)31(36)35(30)33-19-23-13-15-24(16-14-23)38-20-32(5,6)7/h9-19,21H,8,20H2,1-7H3. The van der Waals surface area contributed by atoms with Gasteiger partial charge in [0.05, 0.1) is 30.3 Å². The van der Waals surface area contributed by atoms with E-state index in [9.17, 15) is 4.79 Å². The van der Waals surface area contributed by atoms with Crippen molar-refractivity contribution in [3.8, 4) is 22.9 Å². The highest BCUT2D eigenvalue weighted by atomic mass is 16.5. The maximum Gasteiger partial charge on any atom is 0.282 e. The van der Waals surface area contributed by atoms with Crippen LogP contribution in [0, 0.1) is 12.3 Å². The Morgan fingerprint density at radius 1 is 1.03 bits per heavy atom. The molecule has 0 spiro atoms. The van der Waals surface area contributed by atoms with Crippen molar-refractivity contribution in [2.24, 2.45) is 10.5 Å². The van der Waals surface area contributed by atoms with Crippen molar-refractivity contribution in [3.63, 3.8) is 0 Å². The Morgan fingerprint density at radius 3 is 2.39 bits per heavy atom. The summed E-state index contributed by atoms with van der Waals surface area (Å²) in [7, 11) is 0. The Bertz CT molecular complexity index is 1510. The molecular formula is C32H37N3O3. The van der Waals surface area contributed by atoms with Crippen LogP contribution >= 0.6 is 0 Å². The molecule has 4 aromatic rings. The van der Waals surface area contributed by atoms with Gasteiger partial charge in [-0.05, 0) is 90.4 Å². The molecule has 0 fully saturated rings. The molecule has 0 saturated heterocycles. The minimum Gasteiger partial charge on any atom is -0.494 e. The van der Waals surface area contributed by atoms with Gasteiger partial charge >= 0.3 is 0 Å². The Hall–Kier alpha value is -3.93. The van der Waals surface area contributed by atoms with Gasteiger partial charge in [-0.1, -0.05) is 46.8 Å². The Balaban J connectivity index is 1.81. The van der Waals surface area contributed by atoms with Crippen LogP contribution in [0.1, 0.15) is 64.2 Å². The van der Waals surface area contributed by atoms with E-state index < -0.39 is 0 Å². The van der Waals surface area contributed by atoms with Gasteiger partial charge in [-0.15, -0.1) is 0 Å². The van der Waals surface area contributed by atoms with Crippen molar-refractivity contribution in [2.75, 3.05) is 13.2 Å². The summed E-state index contributed by atoms with van der Waals surface area (Å²) in [5.74, 6) is 2.39. The van der Waals surface area contributed by atoms with E-state index in [0.29, 0.717) is 29.9 Å². The van der Waals surface area contributed by atoms with Crippen LogP contribution in [0.4, 0.5) is 0 Å². The second kappa shape index (κ2) is 11.2. The normalized spacial score (nSPS) is 12.0. The summed E-state index contributed by atoms with van der Waals surface area (Å²) >= 11 is 0. The summed E-state index contributed by atoms with van der Waals surface area (Å²) in [5, 5.41) is 5.16. The van der Waals surface area contributed by atoms with Crippen LogP contribution in [0.5, 0.6) is 11.5 Å². The summed E-state index contributed by atoms with van der Waals surface area (Å²) in [4.78, 5) is 18.5. The third-order valence-electron chi connectivity index (χ3n) is 6.15. The molecule has 0 saturated carbocycles. The first-order chi connectivity index (χ1) is 18.1. The molecule has 0 atom stereocenters. The number of hydrogen-bond acceptors (Lipinski definition) is 5. The van der Waals surface area contributed by atoms with Gasteiger partial charge in [0, 0.05) is 5.56 Å². The average molecular weight is 512 g/mol. The van der Waals surface area contributed by atoms with Crippen LogP contribution in [0.2, 0.25) is 0 Å². The predicted molar refractivity (Wildman–Crippen MR) is 156 cm³/mol. The maximum atomic E-state index is 13.6. The molecule has 0 aliphatic carbocycles. The van der Waals surface area contributed by atoms with Gasteiger partial charge in [0.15, 0.2) is 5.82 Å². The fourth-order valence-electron chi connectivity index (χ4n) is 4.15. The quantitative estimate of drug-likeness (QED) is 0.235. The first-order valence-corrected chi connectivity index (χ1v) is 13.1. The molecule has 0 amide bonds. The van der Waals surface area contributed by atoms with Crippen LogP contribution in [0.25, 0.3) is 22.3 Å². The van der Waals surface area contributed by atoms with Gasteiger partial charge in [-0.25, -0.2) is 4.98 Å². The molecule has 0 N–H and O–H groups in total. The van der Waals surface area contributed by atoms with Gasteiger partial charge in [-0.2, -0.15) is 9.78 Å². The zero-order valence-electron chi connectivity index (χ0n) is 23.4. The lowest BCUT2D eigenvalue weighted by Crippen LogP contribution is -2.21. The number of nitrogens with zero attached hydrogens (tertiary/aromatic N) is 3. The van der Waals surface area contributed by atoms with Gasteiger partial charge in [-0.3, -0.25) is 4.79 Å². The summed E-state index contributed by atoms with van der Waals surface area (Å²) in [6.45, 7) is 15.9. The summed E-state index contributed by atoms with van der Waals surface area (Å²) < 4.78 is 13.2. The van der Waals surface area contributed by atoms with E-state index in [2.05, 4.69) is 45.8 Å². The third kappa shape index (κ3) is 6.13. The van der Waals surface area contributed by atoms with E-state index in [1.807, 2.05) is 62.4 Å². The molecule has 6 nitrogen and oxygen atoms in total. The van der Waals surface area contributed by atoms with Crippen molar-refractivity contribution in [1.29, 1.82) is 0 Å². The maximum absolute atomic E-state index is 13.6. The number of aromatic nitrogens is 2. The predicted octanol–water partition coefficient (Wildman–Crippen LogP) is 7.20. The molecule has 6 heteroatoms. The van der Waals surface area contributed by atoms with Crippen molar-refractivity contribution in [1.82, 2.24) is 9.66 Å². The van der Waals surface area contributed by atoms with Gasteiger partial charge in [0.1, 0.15) is 11.5 Å². The van der Waals surface area contributed by atoms with E-state index in [1.54, 1.807) is 12.3 Å². The van der Waals surface area contributed by atoms with Crippen LogP contribution in [-0.2, 0) is 0 Å². The largest absolute Gasteiger partial charge is 0.494 e. The van der Waals surface area contributed by atoms with E-state index >= 15 is 0 Å². The number of para-hydroxylation sites is 1. The van der Waals surface area contributed by atoms with Gasteiger partial charge < -0.3 is 9.47 Å². The van der Waals surface area contributed by atoms with Crippen molar-refractivity contribution in [2.45, 2.75) is 54.4 Å². The fraction of sp³-hybridized carbons (Fsp3) is 0.344. The van der Waals surface area contributed by atoms with Gasteiger partial charge in [0.25, 0.3) is 5.56 Å². The lowest BCUT2D eigenvalue weighted by atomic mass is 9.96.